The lowest BCUT2D eigenvalue weighted by Crippen LogP contribution is -2.33. The van der Waals surface area contributed by atoms with Gasteiger partial charge in [-0.3, -0.25) is 0 Å². The first-order chi connectivity index (χ1) is 6.23. The molecule has 0 saturated carbocycles. The summed E-state index contributed by atoms with van der Waals surface area (Å²) in [6.45, 7) is 0. The molecule has 1 aromatic rings. The van der Waals surface area contributed by atoms with E-state index < -0.39 is 5.00 Å². The highest BCUT2D eigenvalue weighted by atomic mass is 35.5. The van der Waals surface area contributed by atoms with Crippen molar-refractivity contribution in [3.63, 3.8) is 0 Å². The van der Waals surface area contributed by atoms with Gasteiger partial charge < -0.3 is 5.32 Å². The largest absolute Gasteiger partial charge is 0.362 e. The molecule has 0 bridgehead atoms. The van der Waals surface area contributed by atoms with E-state index in [1.807, 2.05) is 36.4 Å². The minimum absolute atomic E-state index is 0.347. The van der Waals surface area contributed by atoms with Gasteiger partial charge in [0.25, 0.3) is 0 Å². The molecule has 0 amide bonds. The van der Waals surface area contributed by atoms with E-state index in [0.717, 1.165) is 11.3 Å². The fraction of sp³-hybridized carbons (Fsp3) is 0.200. The lowest BCUT2D eigenvalue weighted by Gasteiger charge is -2.28. The van der Waals surface area contributed by atoms with Crippen molar-refractivity contribution in [2.45, 2.75) is 5.00 Å². The molecule has 1 atom stereocenters. The number of alkyl halides is 2. The van der Waals surface area contributed by atoms with Crippen molar-refractivity contribution in [1.29, 1.82) is 0 Å². The normalized spacial score (nSPS) is 25.1. The molecule has 68 valence electrons. The fourth-order valence-electron chi connectivity index (χ4n) is 1.32. The van der Waals surface area contributed by atoms with Crippen molar-refractivity contribution in [1.82, 2.24) is 0 Å². The molecule has 1 heterocycles. The second kappa shape index (κ2) is 3.24. The van der Waals surface area contributed by atoms with Crippen LogP contribution in [-0.2, 0) is 0 Å². The van der Waals surface area contributed by atoms with Crippen LogP contribution in [0.25, 0.3) is 6.08 Å². The Balaban J connectivity index is 2.39. The number of nitrogens with one attached hydrogen (secondary N) is 1. The van der Waals surface area contributed by atoms with E-state index in [2.05, 4.69) is 5.32 Å². The molecule has 0 saturated heterocycles. The van der Waals surface area contributed by atoms with Crippen LogP contribution in [0.1, 0.15) is 5.56 Å². The van der Waals surface area contributed by atoms with Crippen molar-refractivity contribution in [2.75, 3.05) is 11.2 Å². The predicted molar refractivity (Wildman–Crippen MR) is 58.4 cm³/mol. The van der Waals surface area contributed by atoms with Gasteiger partial charge in [0.1, 0.15) is 5.00 Å². The molecule has 1 aromatic carbocycles. The zero-order valence-corrected chi connectivity index (χ0v) is 8.44. The second-order valence-electron chi connectivity index (χ2n) is 3.04. The Hall–Kier alpha value is -0.660. The van der Waals surface area contributed by atoms with Gasteiger partial charge in [-0.2, -0.15) is 0 Å². The molecule has 3 heteroatoms. The Morgan fingerprint density at radius 1 is 1.31 bits per heavy atom. The molecule has 1 aliphatic heterocycles. The molecular weight excluding hydrogens is 205 g/mol. The van der Waals surface area contributed by atoms with E-state index >= 15 is 0 Å². The number of fused-ring (bicyclic) bond motifs is 1. The summed E-state index contributed by atoms with van der Waals surface area (Å²) in [4.78, 5) is -0.629. The van der Waals surface area contributed by atoms with E-state index in [0.29, 0.717) is 5.88 Å². The molecule has 2 rings (SSSR count). The third-order valence-corrected chi connectivity index (χ3v) is 2.94. The van der Waals surface area contributed by atoms with E-state index in [4.69, 9.17) is 23.2 Å². The van der Waals surface area contributed by atoms with Crippen molar-refractivity contribution in [3.05, 3.63) is 35.9 Å². The molecule has 0 aliphatic carbocycles. The predicted octanol–water partition coefficient (Wildman–Crippen LogP) is 3.30. The highest BCUT2D eigenvalue weighted by Crippen LogP contribution is 2.31. The molecular formula is C10H9Cl2N. The summed E-state index contributed by atoms with van der Waals surface area (Å²) in [6, 6.07) is 7.98. The van der Waals surface area contributed by atoms with Gasteiger partial charge in [0, 0.05) is 5.69 Å². The summed E-state index contributed by atoms with van der Waals surface area (Å²) >= 11 is 11.9. The van der Waals surface area contributed by atoms with Gasteiger partial charge in [-0.15, -0.1) is 11.6 Å². The Morgan fingerprint density at radius 3 is 2.85 bits per heavy atom. The molecule has 0 aromatic heterocycles. The van der Waals surface area contributed by atoms with Crippen LogP contribution in [0.2, 0.25) is 0 Å². The van der Waals surface area contributed by atoms with E-state index in [9.17, 15) is 0 Å². The Morgan fingerprint density at radius 2 is 2.08 bits per heavy atom. The van der Waals surface area contributed by atoms with Gasteiger partial charge in [-0.05, 0) is 17.7 Å². The van der Waals surface area contributed by atoms with Gasteiger partial charge in [0.05, 0.1) is 5.88 Å². The zero-order chi connectivity index (χ0) is 9.31. The summed E-state index contributed by atoms with van der Waals surface area (Å²) in [5.74, 6) is 0.347. The quantitative estimate of drug-likeness (QED) is 0.558. The molecule has 0 fully saturated rings. The SMILES string of the molecule is ClCC1(Cl)C=Cc2ccccc2N1. The number of anilines is 1. The van der Waals surface area contributed by atoms with E-state index in [1.165, 1.54) is 0 Å². The van der Waals surface area contributed by atoms with Gasteiger partial charge in [0.2, 0.25) is 0 Å². The third-order valence-electron chi connectivity index (χ3n) is 2.02. The Kier molecular flexibility index (Phi) is 2.22. The fourth-order valence-corrected chi connectivity index (χ4v) is 1.64. The van der Waals surface area contributed by atoms with Crippen LogP contribution < -0.4 is 5.32 Å². The minimum atomic E-state index is -0.629. The average Bonchev–Trinajstić information content (AvgIpc) is 2.18. The smallest absolute Gasteiger partial charge is 0.145 e. The number of hydrogen-bond acceptors (Lipinski definition) is 1. The lowest BCUT2D eigenvalue weighted by atomic mass is 10.1. The van der Waals surface area contributed by atoms with Gasteiger partial charge in [-0.25, -0.2) is 0 Å². The highest BCUT2D eigenvalue weighted by Gasteiger charge is 2.25. The first kappa shape index (κ1) is 8.92. The van der Waals surface area contributed by atoms with Crippen molar-refractivity contribution in [2.24, 2.45) is 0 Å². The van der Waals surface area contributed by atoms with E-state index in [1.54, 1.807) is 0 Å². The van der Waals surface area contributed by atoms with Gasteiger partial charge in [-0.1, -0.05) is 35.9 Å². The van der Waals surface area contributed by atoms with E-state index in [-0.39, 0.29) is 0 Å². The molecule has 13 heavy (non-hydrogen) atoms. The maximum absolute atomic E-state index is 6.16. The second-order valence-corrected chi connectivity index (χ2v) is 3.98. The van der Waals surface area contributed by atoms with Crippen molar-refractivity contribution >= 4 is 35.0 Å². The maximum atomic E-state index is 6.16. The zero-order valence-electron chi connectivity index (χ0n) is 6.93. The number of rotatable bonds is 1. The van der Waals surface area contributed by atoms with Crippen LogP contribution in [0.5, 0.6) is 0 Å². The molecule has 0 radical (unpaired) electrons. The summed E-state index contributed by atoms with van der Waals surface area (Å²) in [7, 11) is 0. The number of benzene rings is 1. The maximum Gasteiger partial charge on any atom is 0.145 e. The Bertz CT molecular complexity index is 349. The summed E-state index contributed by atoms with van der Waals surface area (Å²) < 4.78 is 0. The molecule has 1 nitrogen and oxygen atoms in total. The van der Waals surface area contributed by atoms with Crippen LogP contribution in [0.3, 0.4) is 0 Å². The average molecular weight is 214 g/mol. The van der Waals surface area contributed by atoms with Crippen LogP contribution in [-0.4, -0.2) is 10.9 Å². The summed E-state index contributed by atoms with van der Waals surface area (Å²) in [5, 5.41) is 3.17. The van der Waals surface area contributed by atoms with Gasteiger partial charge >= 0.3 is 0 Å². The van der Waals surface area contributed by atoms with Crippen LogP contribution >= 0.6 is 23.2 Å². The molecule has 1 N–H and O–H groups in total. The summed E-state index contributed by atoms with van der Waals surface area (Å²) in [6.07, 6.45) is 3.87. The topological polar surface area (TPSA) is 12.0 Å². The monoisotopic (exact) mass is 213 g/mol. The molecule has 1 unspecified atom stereocenters. The molecule has 1 aliphatic rings. The first-order valence-electron chi connectivity index (χ1n) is 4.05. The van der Waals surface area contributed by atoms with Crippen molar-refractivity contribution in [3.8, 4) is 0 Å². The lowest BCUT2D eigenvalue weighted by molar-refractivity contribution is 0.906. The number of halogens is 2. The van der Waals surface area contributed by atoms with Crippen LogP contribution in [0.15, 0.2) is 30.3 Å². The summed E-state index contributed by atoms with van der Waals surface area (Å²) in [5.41, 5.74) is 2.17. The Labute approximate surface area is 87.4 Å². The highest BCUT2D eigenvalue weighted by molar-refractivity contribution is 6.33. The van der Waals surface area contributed by atoms with Crippen LogP contribution in [0, 0.1) is 0 Å². The molecule has 0 spiro atoms. The number of hydrogen-bond donors (Lipinski definition) is 1. The van der Waals surface area contributed by atoms with Crippen molar-refractivity contribution < 1.29 is 0 Å². The standard InChI is InChI=1S/C10H9Cl2N/c11-7-10(12)6-5-8-3-1-2-4-9(8)13-10/h1-6,13H,7H2. The number of para-hydroxylation sites is 1. The first-order valence-corrected chi connectivity index (χ1v) is 4.96. The van der Waals surface area contributed by atoms with Crippen LogP contribution in [0.4, 0.5) is 5.69 Å². The third kappa shape index (κ3) is 1.67. The minimum Gasteiger partial charge on any atom is -0.362 e. The van der Waals surface area contributed by atoms with Gasteiger partial charge in [0.15, 0.2) is 0 Å².